The molecule has 1 aromatic heterocycles. The maximum absolute atomic E-state index is 12.7. The maximum atomic E-state index is 12.7. The van der Waals surface area contributed by atoms with Crippen LogP contribution in [0.1, 0.15) is 18.3 Å². The Balaban J connectivity index is 1.68. The van der Waals surface area contributed by atoms with E-state index in [2.05, 4.69) is 15.5 Å². The number of benzene rings is 2. The molecule has 2 aromatic carbocycles. The second-order valence-electron chi connectivity index (χ2n) is 7.35. The molecule has 0 aliphatic rings. The van der Waals surface area contributed by atoms with Gasteiger partial charge in [-0.1, -0.05) is 29.5 Å². The summed E-state index contributed by atoms with van der Waals surface area (Å²) < 4.78 is 37.5. The Labute approximate surface area is 197 Å². The number of carbonyl (C=O) groups is 1. The van der Waals surface area contributed by atoms with E-state index in [9.17, 15) is 13.2 Å². The van der Waals surface area contributed by atoms with Crippen LogP contribution >= 0.6 is 11.8 Å². The van der Waals surface area contributed by atoms with Crippen molar-refractivity contribution in [2.45, 2.75) is 34.9 Å². The molecule has 1 unspecified atom stereocenters. The van der Waals surface area contributed by atoms with E-state index in [1.807, 2.05) is 6.92 Å². The van der Waals surface area contributed by atoms with E-state index in [-0.39, 0.29) is 16.6 Å². The van der Waals surface area contributed by atoms with Crippen LogP contribution in [0.15, 0.2) is 52.5 Å². The van der Waals surface area contributed by atoms with Crippen LogP contribution in [0, 0.1) is 6.92 Å². The van der Waals surface area contributed by atoms with Crippen LogP contribution in [0.25, 0.3) is 0 Å². The minimum Gasteiger partial charge on any atom is -0.493 e. The number of aromatic nitrogens is 3. The zero-order valence-corrected chi connectivity index (χ0v) is 20.7. The molecule has 1 N–H and O–H groups in total. The average Bonchev–Trinajstić information content (AvgIpc) is 3.12. The highest BCUT2D eigenvalue weighted by molar-refractivity contribution is 8.00. The molecule has 0 saturated heterocycles. The first-order valence-electron chi connectivity index (χ1n) is 10.0. The highest BCUT2D eigenvalue weighted by Crippen LogP contribution is 2.30. The zero-order chi connectivity index (χ0) is 24.2. The Morgan fingerprint density at radius 3 is 2.39 bits per heavy atom. The monoisotopic (exact) mass is 490 g/mol. The maximum Gasteiger partial charge on any atom is 0.237 e. The van der Waals surface area contributed by atoms with Gasteiger partial charge in [-0.2, -0.15) is 0 Å². The molecule has 1 atom stereocenters. The van der Waals surface area contributed by atoms with Crippen LogP contribution in [0.2, 0.25) is 0 Å². The molecule has 0 fully saturated rings. The second kappa shape index (κ2) is 10.3. The fraction of sp³-hybridized carbons (Fsp3) is 0.318. The van der Waals surface area contributed by atoms with E-state index >= 15 is 0 Å². The van der Waals surface area contributed by atoms with Crippen LogP contribution in [-0.4, -0.2) is 48.6 Å². The van der Waals surface area contributed by atoms with Gasteiger partial charge in [0.15, 0.2) is 26.5 Å². The lowest BCUT2D eigenvalue weighted by Gasteiger charge is -2.13. The van der Waals surface area contributed by atoms with E-state index in [0.717, 1.165) is 5.56 Å². The van der Waals surface area contributed by atoms with Crippen molar-refractivity contribution < 1.29 is 22.7 Å². The number of ether oxygens (including phenoxy) is 2. The number of nitrogens with zero attached hydrogens (tertiary/aromatic N) is 3. The molecule has 176 valence electrons. The van der Waals surface area contributed by atoms with Crippen molar-refractivity contribution in [2.75, 3.05) is 19.5 Å². The SMILES string of the molecule is COc1ccc(NC(=O)C(C)Sc2nnc(CS(=O)(=O)c3ccc(C)cc3)n2C)cc1OC. The van der Waals surface area contributed by atoms with Gasteiger partial charge in [0.2, 0.25) is 5.91 Å². The van der Waals surface area contributed by atoms with Gasteiger partial charge in [-0.3, -0.25) is 4.79 Å². The summed E-state index contributed by atoms with van der Waals surface area (Å²) in [6.45, 7) is 3.63. The quantitative estimate of drug-likeness (QED) is 0.455. The summed E-state index contributed by atoms with van der Waals surface area (Å²) >= 11 is 1.19. The van der Waals surface area contributed by atoms with Crippen molar-refractivity contribution in [1.29, 1.82) is 0 Å². The van der Waals surface area contributed by atoms with Gasteiger partial charge in [0.1, 0.15) is 11.6 Å². The lowest BCUT2D eigenvalue weighted by atomic mass is 10.2. The third-order valence-electron chi connectivity index (χ3n) is 4.93. The summed E-state index contributed by atoms with van der Waals surface area (Å²) in [5, 5.41) is 10.9. The van der Waals surface area contributed by atoms with Crippen LogP contribution < -0.4 is 14.8 Å². The predicted octanol–water partition coefficient (Wildman–Crippen LogP) is 3.23. The molecule has 0 radical (unpaired) electrons. The molecular weight excluding hydrogens is 464 g/mol. The second-order valence-corrected chi connectivity index (χ2v) is 10.6. The molecule has 11 heteroatoms. The lowest BCUT2D eigenvalue weighted by Crippen LogP contribution is -2.23. The van der Waals surface area contributed by atoms with Gasteiger partial charge in [-0.05, 0) is 38.1 Å². The molecule has 0 spiro atoms. The van der Waals surface area contributed by atoms with Gasteiger partial charge < -0.3 is 19.4 Å². The van der Waals surface area contributed by atoms with E-state index < -0.39 is 15.1 Å². The Kier molecular flexibility index (Phi) is 7.65. The number of thioether (sulfide) groups is 1. The first kappa shape index (κ1) is 24.6. The first-order chi connectivity index (χ1) is 15.6. The highest BCUT2D eigenvalue weighted by Gasteiger charge is 2.23. The van der Waals surface area contributed by atoms with E-state index in [0.29, 0.717) is 28.2 Å². The Morgan fingerprint density at radius 1 is 1.09 bits per heavy atom. The van der Waals surface area contributed by atoms with Crippen LogP contribution in [0.4, 0.5) is 5.69 Å². The molecule has 0 bridgehead atoms. The summed E-state index contributed by atoms with van der Waals surface area (Å²) in [6, 6.07) is 11.8. The number of sulfone groups is 1. The molecule has 3 rings (SSSR count). The van der Waals surface area contributed by atoms with Crippen molar-refractivity contribution >= 4 is 33.2 Å². The number of rotatable bonds is 9. The summed E-state index contributed by atoms with van der Waals surface area (Å²) in [5.74, 6) is 0.829. The minimum atomic E-state index is -3.57. The number of hydrogen-bond donors (Lipinski definition) is 1. The fourth-order valence-electron chi connectivity index (χ4n) is 2.94. The molecule has 0 aliphatic heterocycles. The van der Waals surface area contributed by atoms with Gasteiger partial charge in [-0.15, -0.1) is 10.2 Å². The summed E-state index contributed by atoms with van der Waals surface area (Å²) in [6.07, 6.45) is 0. The van der Waals surface area contributed by atoms with Gasteiger partial charge in [0.05, 0.1) is 24.4 Å². The van der Waals surface area contributed by atoms with Gasteiger partial charge in [0, 0.05) is 18.8 Å². The topological polar surface area (TPSA) is 112 Å². The van der Waals surface area contributed by atoms with Gasteiger partial charge in [0.25, 0.3) is 0 Å². The molecule has 0 aliphatic carbocycles. The number of carbonyl (C=O) groups excluding carboxylic acids is 1. The summed E-state index contributed by atoms with van der Waals surface area (Å²) in [5.41, 5.74) is 1.54. The normalized spacial score (nSPS) is 12.3. The molecule has 1 heterocycles. The standard InChI is InChI=1S/C22H26N4O5S2/c1-14-6-9-17(10-7-14)33(28,29)13-20-24-25-22(26(20)3)32-15(2)21(27)23-16-8-11-18(30-4)19(12-16)31-5/h6-12,15H,13H2,1-5H3,(H,23,27). The molecule has 9 nitrogen and oxygen atoms in total. The number of aryl methyl sites for hydroxylation is 1. The largest absolute Gasteiger partial charge is 0.493 e. The third-order valence-corrected chi connectivity index (χ3v) is 7.69. The van der Waals surface area contributed by atoms with Crippen molar-refractivity contribution in [1.82, 2.24) is 14.8 Å². The number of anilines is 1. The summed E-state index contributed by atoms with van der Waals surface area (Å²) in [4.78, 5) is 12.9. The van der Waals surface area contributed by atoms with Crippen molar-refractivity contribution in [2.24, 2.45) is 7.05 Å². The van der Waals surface area contributed by atoms with E-state index in [4.69, 9.17) is 9.47 Å². The van der Waals surface area contributed by atoms with Crippen LogP contribution in [-0.2, 0) is 27.4 Å². The molecule has 33 heavy (non-hydrogen) atoms. The van der Waals surface area contributed by atoms with E-state index in [1.54, 1.807) is 61.0 Å². The third kappa shape index (κ3) is 5.85. The number of amides is 1. The van der Waals surface area contributed by atoms with Crippen molar-refractivity contribution in [3.05, 3.63) is 53.9 Å². The molecule has 1 amide bonds. The fourth-order valence-corrected chi connectivity index (χ4v) is 5.08. The zero-order valence-electron chi connectivity index (χ0n) is 19.0. The smallest absolute Gasteiger partial charge is 0.237 e. The van der Waals surface area contributed by atoms with Crippen molar-refractivity contribution in [3.8, 4) is 11.5 Å². The van der Waals surface area contributed by atoms with Crippen LogP contribution in [0.5, 0.6) is 11.5 Å². The summed E-state index contributed by atoms with van der Waals surface area (Å²) in [7, 11) is 1.17. The Bertz CT molecular complexity index is 1240. The molecular formula is C22H26N4O5S2. The Morgan fingerprint density at radius 2 is 1.76 bits per heavy atom. The number of methoxy groups -OCH3 is 2. The van der Waals surface area contributed by atoms with Crippen molar-refractivity contribution in [3.63, 3.8) is 0 Å². The van der Waals surface area contributed by atoms with Crippen LogP contribution in [0.3, 0.4) is 0 Å². The minimum absolute atomic E-state index is 0.230. The molecule has 3 aromatic rings. The first-order valence-corrected chi connectivity index (χ1v) is 12.5. The average molecular weight is 491 g/mol. The Hall–Kier alpha value is -3.05. The van der Waals surface area contributed by atoms with Gasteiger partial charge in [-0.25, -0.2) is 8.42 Å². The highest BCUT2D eigenvalue weighted by atomic mass is 32.2. The number of nitrogens with one attached hydrogen (secondary N) is 1. The number of hydrogen-bond acceptors (Lipinski definition) is 8. The van der Waals surface area contributed by atoms with E-state index in [1.165, 1.54) is 26.0 Å². The van der Waals surface area contributed by atoms with Gasteiger partial charge >= 0.3 is 0 Å². The predicted molar refractivity (Wildman–Crippen MR) is 127 cm³/mol. The molecule has 0 saturated carbocycles. The lowest BCUT2D eigenvalue weighted by molar-refractivity contribution is -0.115.